The first-order chi connectivity index (χ1) is 8.89. The van der Waals surface area contributed by atoms with E-state index in [9.17, 15) is 18.0 Å². The van der Waals surface area contributed by atoms with Crippen LogP contribution >= 0.6 is 23.4 Å². The average Bonchev–Trinajstić information content (AvgIpc) is 2.36. The Morgan fingerprint density at radius 3 is 2.53 bits per heavy atom. The maximum Gasteiger partial charge on any atom is 0.406 e. The van der Waals surface area contributed by atoms with Crippen molar-refractivity contribution in [2.45, 2.75) is 11.1 Å². The zero-order valence-electron chi connectivity index (χ0n) is 10.2. The zero-order valence-corrected chi connectivity index (χ0v) is 11.8. The fourth-order valence-electron chi connectivity index (χ4n) is 1.56. The van der Waals surface area contributed by atoms with E-state index >= 15 is 0 Å². The molecule has 1 aromatic carbocycles. The molecule has 0 unspecified atom stereocenters. The van der Waals surface area contributed by atoms with Crippen LogP contribution in [0.3, 0.4) is 0 Å². The SMILES string of the molecule is CSc1ccccc1C(=O)N(CCCl)CC(F)(F)F. The number of benzene rings is 1. The third-order valence-electron chi connectivity index (χ3n) is 2.35. The van der Waals surface area contributed by atoms with Gasteiger partial charge in [0.1, 0.15) is 6.54 Å². The van der Waals surface area contributed by atoms with Crippen molar-refractivity contribution < 1.29 is 18.0 Å². The summed E-state index contributed by atoms with van der Waals surface area (Å²) in [5.41, 5.74) is 0.268. The number of rotatable bonds is 5. The number of amides is 1. The van der Waals surface area contributed by atoms with Crippen LogP contribution < -0.4 is 0 Å². The van der Waals surface area contributed by atoms with Crippen LogP contribution in [0.4, 0.5) is 13.2 Å². The van der Waals surface area contributed by atoms with E-state index in [0.29, 0.717) is 4.90 Å². The minimum atomic E-state index is -4.43. The lowest BCUT2D eigenvalue weighted by molar-refractivity contribution is -0.140. The highest BCUT2D eigenvalue weighted by atomic mass is 35.5. The molecule has 0 radical (unpaired) electrons. The molecule has 0 aliphatic rings. The molecule has 1 amide bonds. The van der Waals surface area contributed by atoms with Crippen molar-refractivity contribution in [3.63, 3.8) is 0 Å². The maximum atomic E-state index is 12.4. The molecule has 0 aliphatic carbocycles. The van der Waals surface area contributed by atoms with E-state index in [0.717, 1.165) is 4.90 Å². The quantitative estimate of drug-likeness (QED) is 0.611. The van der Waals surface area contributed by atoms with Gasteiger partial charge < -0.3 is 4.90 Å². The molecule has 0 aliphatic heterocycles. The molecule has 0 fully saturated rings. The zero-order chi connectivity index (χ0) is 14.5. The Bertz CT molecular complexity index is 439. The van der Waals surface area contributed by atoms with E-state index in [1.165, 1.54) is 17.8 Å². The highest BCUT2D eigenvalue weighted by molar-refractivity contribution is 7.98. The lowest BCUT2D eigenvalue weighted by Gasteiger charge is -2.23. The van der Waals surface area contributed by atoms with Crippen molar-refractivity contribution in [3.8, 4) is 0 Å². The Morgan fingerprint density at radius 1 is 1.37 bits per heavy atom. The van der Waals surface area contributed by atoms with E-state index in [2.05, 4.69) is 0 Å². The van der Waals surface area contributed by atoms with Crippen molar-refractivity contribution in [2.24, 2.45) is 0 Å². The van der Waals surface area contributed by atoms with Crippen molar-refractivity contribution in [2.75, 3.05) is 25.2 Å². The van der Waals surface area contributed by atoms with Gasteiger partial charge in [0.15, 0.2) is 0 Å². The van der Waals surface area contributed by atoms with Crippen LogP contribution in [0.25, 0.3) is 0 Å². The second kappa shape index (κ2) is 7.05. The van der Waals surface area contributed by atoms with Crippen molar-refractivity contribution in [1.29, 1.82) is 0 Å². The number of nitrogens with zero attached hydrogens (tertiary/aromatic N) is 1. The van der Waals surface area contributed by atoms with E-state index in [1.807, 2.05) is 0 Å². The van der Waals surface area contributed by atoms with Gasteiger partial charge in [-0.25, -0.2) is 0 Å². The third-order valence-corrected chi connectivity index (χ3v) is 3.31. The third kappa shape index (κ3) is 4.95. The summed E-state index contributed by atoms with van der Waals surface area (Å²) < 4.78 is 37.3. The van der Waals surface area contributed by atoms with Gasteiger partial charge in [-0.15, -0.1) is 23.4 Å². The number of thioether (sulfide) groups is 1. The fraction of sp³-hybridized carbons (Fsp3) is 0.417. The summed E-state index contributed by atoms with van der Waals surface area (Å²) in [5, 5.41) is 0. The molecule has 0 saturated heterocycles. The van der Waals surface area contributed by atoms with E-state index < -0.39 is 18.6 Å². The molecule has 0 N–H and O–H groups in total. The molecule has 19 heavy (non-hydrogen) atoms. The second-order valence-corrected chi connectivity index (χ2v) is 4.96. The lowest BCUT2D eigenvalue weighted by Crippen LogP contribution is -2.40. The molecular weight excluding hydrogens is 299 g/mol. The Hall–Kier alpha value is -0.880. The summed E-state index contributed by atoms with van der Waals surface area (Å²) in [7, 11) is 0. The molecule has 0 bridgehead atoms. The van der Waals surface area contributed by atoms with Gasteiger partial charge in [0.05, 0.1) is 5.56 Å². The number of halogens is 4. The largest absolute Gasteiger partial charge is 0.406 e. The monoisotopic (exact) mass is 311 g/mol. The highest BCUT2D eigenvalue weighted by Gasteiger charge is 2.33. The number of alkyl halides is 4. The Morgan fingerprint density at radius 2 is 2.00 bits per heavy atom. The average molecular weight is 312 g/mol. The summed E-state index contributed by atoms with van der Waals surface area (Å²) in [6.45, 7) is -1.43. The van der Waals surface area contributed by atoms with Crippen LogP contribution in [-0.4, -0.2) is 42.2 Å². The van der Waals surface area contributed by atoms with Crippen LogP contribution in [-0.2, 0) is 0 Å². The molecule has 0 spiro atoms. The summed E-state index contributed by atoms with van der Waals surface area (Å²) in [5.74, 6) is -0.689. The summed E-state index contributed by atoms with van der Waals surface area (Å²) in [6, 6.07) is 6.58. The fourth-order valence-corrected chi connectivity index (χ4v) is 2.36. The predicted molar refractivity (Wildman–Crippen MR) is 70.9 cm³/mol. The molecule has 106 valence electrons. The molecule has 1 aromatic rings. The van der Waals surface area contributed by atoms with Crippen LogP contribution in [0.1, 0.15) is 10.4 Å². The smallest absolute Gasteiger partial charge is 0.328 e. The van der Waals surface area contributed by atoms with E-state index in [-0.39, 0.29) is 18.0 Å². The predicted octanol–water partition coefficient (Wildman–Crippen LogP) is 3.65. The minimum Gasteiger partial charge on any atom is -0.328 e. The molecule has 0 aromatic heterocycles. The van der Waals surface area contributed by atoms with Crippen molar-refractivity contribution >= 4 is 29.3 Å². The molecule has 7 heteroatoms. The molecule has 0 atom stereocenters. The minimum absolute atomic E-state index is 0.0384. The van der Waals surface area contributed by atoms with Gasteiger partial charge in [0.25, 0.3) is 5.91 Å². The van der Waals surface area contributed by atoms with Crippen LogP contribution in [0.15, 0.2) is 29.2 Å². The highest BCUT2D eigenvalue weighted by Crippen LogP contribution is 2.23. The molecule has 0 saturated carbocycles. The Kier molecular flexibility index (Phi) is 6.00. The first-order valence-electron chi connectivity index (χ1n) is 5.44. The molecule has 1 rings (SSSR count). The number of hydrogen-bond acceptors (Lipinski definition) is 2. The molecular formula is C12H13ClF3NOS. The van der Waals surface area contributed by atoms with Gasteiger partial charge in [0, 0.05) is 17.3 Å². The lowest BCUT2D eigenvalue weighted by atomic mass is 10.2. The summed E-state index contributed by atoms with van der Waals surface area (Å²) in [4.78, 5) is 13.5. The normalized spacial score (nSPS) is 11.4. The maximum absolute atomic E-state index is 12.4. The topological polar surface area (TPSA) is 20.3 Å². The van der Waals surface area contributed by atoms with Gasteiger partial charge in [0.2, 0.25) is 0 Å². The van der Waals surface area contributed by atoms with Crippen molar-refractivity contribution in [1.82, 2.24) is 4.90 Å². The van der Waals surface area contributed by atoms with E-state index in [4.69, 9.17) is 11.6 Å². The molecule has 2 nitrogen and oxygen atoms in total. The summed E-state index contributed by atoms with van der Waals surface area (Å²) >= 11 is 6.78. The number of carbonyl (C=O) groups excluding carboxylic acids is 1. The first kappa shape index (κ1) is 16.2. The van der Waals surface area contributed by atoms with Crippen LogP contribution in [0, 0.1) is 0 Å². The van der Waals surface area contributed by atoms with Gasteiger partial charge in [-0.2, -0.15) is 13.2 Å². The van der Waals surface area contributed by atoms with Crippen LogP contribution in [0.2, 0.25) is 0 Å². The van der Waals surface area contributed by atoms with Crippen molar-refractivity contribution in [3.05, 3.63) is 29.8 Å². The molecule has 0 heterocycles. The van der Waals surface area contributed by atoms with Crippen LogP contribution in [0.5, 0.6) is 0 Å². The Labute approximate surface area is 118 Å². The van der Waals surface area contributed by atoms with Gasteiger partial charge in [-0.1, -0.05) is 12.1 Å². The second-order valence-electron chi connectivity index (χ2n) is 3.73. The standard InChI is InChI=1S/C12H13ClF3NOS/c1-19-10-5-3-2-4-9(10)11(18)17(7-6-13)8-12(14,15)16/h2-5H,6-8H2,1H3. The number of carbonyl (C=O) groups is 1. The van der Waals surface area contributed by atoms with Gasteiger partial charge >= 0.3 is 6.18 Å². The number of hydrogen-bond donors (Lipinski definition) is 0. The van der Waals surface area contributed by atoms with Gasteiger partial charge in [-0.3, -0.25) is 4.79 Å². The first-order valence-corrected chi connectivity index (χ1v) is 7.20. The van der Waals surface area contributed by atoms with Gasteiger partial charge in [-0.05, 0) is 18.4 Å². The summed E-state index contributed by atoms with van der Waals surface area (Å²) in [6.07, 6.45) is -2.67. The Balaban J connectivity index is 2.99. The van der Waals surface area contributed by atoms with E-state index in [1.54, 1.807) is 24.5 Å².